The minimum absolute atomic E-state index is 0.125. The van der Waals surface area contributed by atoms with Crippen LogP contribution in [0.4, 0.5) is 0 Å². The summed E-state index contributed by atoms with van der Waals surface area (Å²) in [6.45, 7) is 10.9. The summed E-state index contributed by atoms with van der Waals surface area (Å²) in [5.74, 6) is 0.605. The molecule has 4 aliphatic rings. The van der Waals surface area contributed by atoms with Gasteiger partial charge in [-0.25, -0.2) is 0 Å². The molecular weight excluding hydrogens is 470 g/mol. The van der Waals surface area contributed by atoms with Crippen LogP contribution in [0.2, 0.25) is 5.02 Å². The average molecular weight is 512 g/mol. The Morgan fingerprint density at radius 3 is 2.53 bits per heavy atom. The molecule has 1 aromatic carbocycles. The summed E-state index contributed by atoms with van der Waals surface area (Å²) in [6.07, 6.45) is 9.15. The van der Waals surface area contributed by atoms with E-state index in [1.165, 1.54) is 43.4 Å². The molecule has 1 amide bonds. The van der Waals surface area contributed by atoms with Gasteiger partial charge < -0.3 is 15.5 Å². The monoisotopic (exact) mass is 511 g/mol. The molecule has 2 aliphatic heterocycles. The van der Waals surface area contributed by atoms with Crippen LogP contribution in [0.5, 0.6) is 0 Å². The van der Waals surface area contributed by atoms with E-state index in [-0.39, 0.29) is 18.0 Å². The lowest BCUT2D eigenvalue weighted by atomic mass is 9.75. The number of halogens is 1. The maximum absolute atomic E-state index is 13.9. The second-order valence-electron chi connectivity index (χ2n) is 12.0. The van der Waals surface area contributed by atoms with Gasteiger partial charge in [-0.1, -0.05) is 44.5 Å². The Balaban J connectivity index is 1.23. The number of carbonyl (C=O) groups is 1. The van der Waals surface area contributed by atoms with Gasteiger partial charge in [0.25, 0.3) is 0 Å². The van der Waals surface area contributed by atoms with Gasteiger partial charge in [-0.2, -0.15) is 0 Å². The van der Waals surface area contributed by atoms with E-state index in [4.69, 9.17) is 16.6 Å². The molecule has 0 spiro atoms. The molecule has 36 heavy (non-hydrogen) atoms. The maximum atomic E-state index is 13.9. The summed E-state index contributed by atoms with van der Waals surface area (Å²) in [6, 6.07) is 8.34. The standard InChI is InChI=1S/C29H42ClN5O/c1-20-4-9-25-26(20)27(33-19-32-25)34-14-16-35(17-15-34)28(36)24(21-5-7-22(30)8-6-21)18-31-23-10-12-29(2,3)13-11-23/h5-8,19-20,23-24,27,31H,4,9-18H2,1-3H3,(H,32,33)/t20-,24-,27?/m1/s1. The zero-order chi connectivity index (χ0) is 25.3. The van der Waals surface area contributed by atoms with Crippen molar-refractivity contribution in [2.45, 2.75) is 77.4 Å². The normalized spacial score (nSPS) is 27.6. The number of aliphatic imine (C=N–C) groups is 1. The van der Waals surface area contributed by atoms with Crippen LogP contribution < -0.4 is 10.6 Å². The zero-order valence-corrected chi connectivity index (χ0v) is 22.9. The van der Waals surface area contributed by atoms with E-state index in [1.807, 2.05) is 30.6 Å². The fourth-order valence-corrected chi connectivity index (χ4v) is 6.54. The number of nitrogens with zero attached hydrogens (tertiary/aromatic N) is 3. The van der Waals surface area contributed by atoms with Crippen LogP contribution in [0.1, 0.15) is 70.8 Å². The first-order chi connectivity index (χ1) is 17.3. The van der Waals surface area contributed by atoms with E-state index >= 15 is 0 Å². The van der Waals surface area contributed by atoms with Crippen molar-refractivity contribution < 1.29 is 4.79 Å². The molecule has 1 saturated carbocycles. The number of allylic oxidation sites excluding steroid dienone is 1. The van der Waals surface area contributed by atoms with Crippen molar-refractivity contribution in [3.63, 3.8) is 0 Å². The number of rotatable bonds is 6. The number of piperazine rings is 1. The minimum atomic E-state index is -0.190. The molecule has 196 valence electrons. The van der Waals surface area contributed by atoms with E-state index in [2.05, 4.69) is 41.2 Å². The Morgan fingerprint density at radius 1 is 1.14 bits per heavy atom. The van der Waals surface area contributed by atoms with Gasteiger partial charge in [0.2, 0.25) is 5.91 Å². The summed E-state index contributed by atoms with van der Waals surface area (Å²) in [4.78, 5) is 23.2. The molecule has 7 heteroatoms. The highest BCUT2D eigenvalue weighted by Crippen LogP contribution is 2.37. The lowest BCUT2D eigenvalue weighted by Crippen LogP contribution is -2.54. The summed E-state index contributed by atoms with van der Waals surface area (Å²) in [7, 11) is 0. The molecule has 1 unspecified atom stereocenters. The van der Waals surface area contributed by atoms with Crippen LogP contribution in [0.15, 0.2) is 40.5 Å². The Morgan fingerprint density at radius 2 is 1.83 bits per heavy atom. The van der Waals surface area contributed by atoms with Gasteiger partial charge in [0.1, 0.15) is 6.17 Å². The summed E-state index contributed by atoms with van der Waals surface area (Å²) in [5, 5.41) is 7.84. The van der Waals surface area contributed by atoms with Crippen LogP contribution >= 0.6 is 11.6 Å². The minimum Gasteiger partial charge on any atom is -0.350 e. The molecule has 2 fully saturated rings. The number of hydrogen-bond acceptors (Lipinski definition) is 5. The molecule has 1 aromatic rings. The highest BCUT2D eigenvalue weighted by molar-refractivity contribution is 6.30. The van der Waals surface area contributed by atoms with Gasteiger partial charge in [0.05, 0.1) is 12.3 Å². The van der Waals surface area contributed by atoms with Crippen molar-refractivity contribution in [2.75, 3.05) is 32.7 Å². The molecule has 0 radical (unpaired) electrons. The van der Waals surface area contributed by atoms with E-state index in [1.54, 1.807) is 0 Å². The SMILES string of the molecule is C[C@@H]1CCC2=C1C(N1CCN(C(=O)[C@H](CNC3CCC(C)(C)CC3)c3ccc(Cl)cc3)CC1)N=CN2. The topological polar surface area (TPSA) is 60.0 Å². The predicted octanol–water partition coefficient (Wildman–Crippen LogP) is 4.77. The third-order valence-electron chi connectivity index (χ3n) is 8.93. The molecule has 2 N–H and O–H groups in total. The van der Waals surface area contributed by atoms with Crippen molar-refractivity contribution in [3.8, 4) is 0 Å². The van der Waals surface area contributed by atoms with E-state index in [0.29, 0.717) is 28.9 Å². The van der Waals surface area contributed by atoms with Crippen LogP contribution in [0.25, 0.3) is 0 Å². The second kappa shape index (κ2) is 10.8. The lowest BCUT2D eigenvalue weighted by molar-refractivity contribution is -0.134. The predicted molar refractivity (Wildman–Crippen MR) is 147 cm³/mol. The van der Waals surface area contributed by atoms with Crippen molar-refractivity contribution in [2.24, 2.45) is 16.3 Å². The molecular formula is C29H42ClN5O. The average Bonchev–Trinajstić information content (AvgIpc) is 3.27. The molecule has 2 heterocycles. The molecule has 0 bridgehead atoms. The Labute approximate surface area is 221 Å². The maximum Gasteiger partial charge on any atom is 0.231 e. The Bertz CT molecular complexity index is 985. The Kier molecular flexibility index (Phi) is 7.75. The van der Waals surface area contributed by atoms with Gasteiger partial charge in [-0.15, -0.1) is 0 Å². The molecule has 2 aliphatic carbocycles. The molecule has 6 nitrogen and oxygen atoms in total. The van der Waals surface area contributed by atoms with Crippen LogP contribution in [-0.4, -0.2) is 67.0 Å². The van der Waals surface area contributed by atoms with Crippen molar-refractivity contribution >= 4 is 23.8 Å². The Hall–Kier alpha value is -1.89. The van der Waals surface area contributed by atoms with Gasteiger partial charge >= 0.3 is 0 Å². The number of carbonyl (C=O) groups excluding carboxylic acids is 1. The first-order valence-corrected chi connectivity index (χ1v) is 14.2. The lowest BCUT2D eigenvalue weighted by Gasteiger charge is -2.41. The number of amides is 1. The summed E-state index contributed by atoms with van der Waals surface area (Å²) in [5.41, 5.74) is 4.31. The van der Waals surface area contributed by atoms with E-state index in [9.17, 15) is 4.79 Å². The first-order valence-electron chi connectivity index (χ1n) is 13.8. The van der Waals surface area contributed by atoms with Gasteiger partial charge in [0.15, 0.2) is 0 Å². The molecule has 3 atom stereocenters. The first kappa shape index (κ1) is 25.7. The summed E-state index contributed by atoms with van der Waals surface area (Å²) < 4.78 is 0. The second-order valence-corrected chi connectivity index (χ2v) is 12.4. The van der Waals surface area contributed by atoms with Crippen LogP contribution in [-0.2, 0) is 4.79 Å². The highest BCUT2D eigenvalue weighted by Gasteiger charge is 2.37. The molecule has 1 saturated heterocycles. The number of benzene rings is 1. The van der Waals surface area contributed by atoms with Gasteiger partial charge in [0, 0.05) is 49.5 Å². The summed E-state index contributed by atoms with van der Waals surface area (Å²) >= 11 is 6.17. The van der Waals surface area contributed by atoms with E-state index in [0.717, 1.165) is 38.2 Å². The van der Waals surface area contributed by atoms with Crippen LogP contribution in [0.3, 0.4) is 0 Å². The van der Waals surface area contributed by atoms with Crippen molar-refractivity contribution in [1.29, 1.82) is 0 Å². The van der Waals surface area contributed by atoms with Crippen molar-refractivity contribution in [3.05, 3.63) is 46.1 Å². The zero-order valence-electron chi connectivity index (χ0n) is 22.1. The molecule has 0 aromatic heterocycles. The van der Waals surface area contributed by atoms with Gasteiger partial charge in [-0.3, -0.25) is 14.7 Å². The third kappa shape index (κ3) is 5.66. The quantitative estimate of drug-likeness (QED) is 0.577. The fourth-order valence-electron chi connectivity index (χ4n) is 6.42. The fraction of sp³-hybridized carbons (Fsp3) is 0.655. The smallest absolute Gasteiger partial charge is 0.231 e. The van der Waals surface area contributed by atoms with Crippen molar-refractivity contribution in [1.82, 2.24) is 20.4 Å². The number of nitrogens with one attached hydrogen (secondary N) is 2. The van der Waals surface area contributed by atoms with E-state index < -0.39 is 0 Å². The third-order valence-corrected chi connectivity index (χ3v) is 9.18. The molecule has 5 rings (SSSR count). The largest absolute Gasteiger partial charge is 0.350 e. The van der Waals surface area contributed by atoms with Gasteiger partial charge in [-0.05, 0) is 73.1 Å². The highest BCUT2D eigenvalue weighted by atomic mass is 35.5. The number of hydrogen-bond donors (Lipinski definition) is 2. The van der Waals surface area contributed by atoms with Crippen LogP contribution in [0, 0.1) is 11.3 Å².